The number of nitrogens with two attached hydrogens (primary N) is 1. The Morgan fingerprint density at radius 1 is 1.32 bits per heavy atom. The van der Waals surface area contributed by atoms with Crippen LogP contribution in [0.15, 0.2) is 34.0 Å². The van der Waals surface area contributed by atoms with E-state index in [0.29, 0.717) is 25.6 Å². The first-order valence-corrected chi connectivity index (χ1v) is 7.35. The average Bonchev–Trinajstić information content (AvgIpc) is 2.89. The van der Waals surface area contributed by atoms with Crippen LogP contribution in [0.1, 0.15) is 0 Å². The van der Waals surface area contributed by atoms with Crippen molar-refractivity contribution in [3.8, 4) is 0 Å². The second-order valence-electron chi connectivity index (χ2n) is 6.15. The molecule has 1 aliphatic carbocycles. The zero-order valence-electron chi connectivity index (χ0n) is 12.2. The number of halogens is 2. The summed E-state index contributed by atoms with van der Waals surface area (Å²) in [5.41, 5.74) is 6.87. The van der Waals surface area contributed by atoms with Gasteiger partial charge in [0.05, 0.1) is 18.0 Å². The summed E-state index contributed by atoms with van der Waals surface area (Å²) >= 11 is 0. The van der Waals surface area contributed by atoms with Crippen LogP contribution in [0.5, 0.6) is 0 Å². The van der Waals surface area contributed by atoms with Crippen LogP contribution >= 0.6 is 0 Å². The number of fused-ring (bicyclic) bond motifs is 1. The molecule has 0 bridgehead atoms. The second kappa shape index (κ2) is 4.52. The number of hydrogen-bond acceptors (Lipinski definition) is 6. The summed E-state index contributed by atoms with van der Waals surface area (Å²) in [7, 11) is 1.88. The lowest BCUT2D eigenvalue weighted by atomic mass is 10.2. The monoisotopic (exact) mass is 308 g/mol. The predicted octanol–water partition coefficient (Wildman–Crippen LogP) is 0.169. The molecule has 0 spiro atoms. The Balaban J connectivity index is 1.47. The average molecular weight is 308 g/mol. The number of piperidine rings is 1. The summed E-state index contributed by atoms with van der Waals surface area (Å²) in [5.74, 6) is -2.01. The van der Waals surface area contributed by atoms with E-state index in [1.54, 1.807) is 12.4 Å². The van der Waals surface area contributed by atoms with Crippen LogP contribution in [0.4, 0.5) is 8.78 Å². The van der Waals surface area contributed by atoms with Crippen LogP contribution in [0, 0.1) is 11.8 Å². The number of hydrogen-bond donors (Lipinski definition) is 2. The quantitative estimate of drug-likeness (QED) is 0.724. The molecule has 3 aliphatic heterocycles. The number of rotatable bonds is 1. The normalized spacial score (nSPS) is 35.5. The van der Waals surface area contributed by atoms with Crippen molar-refractivity contribution in [2.24, 2.45) is 27.6 Å². The number of nitrogens with zero attached hydrogens (tertiary/aromatic N) is 4. The van der Waals surface area contributed by atoms with Crippen molar-refractivity contribution in [3.63, 3.8) is 0 Å². The van der Waals surface area contributed by atoms with E-state index in [2.05, 4.69) is 15.3 Å². The van der Waals surface area contributed by atoms with E-state index in [-0.39, 0.29) is 6.17 Å². The van der Waals surface area contributed by atoms with Gasteiger partial charge in [0.2, 0.25) is 0 Å². The summed E-state index contributed by atoms with van der Waals surface area (Å²) in [6, 6.07) is 0. The van der Waals surface area contributed by atoms with Crippen molar-refractivity contribution < 1.29 is 8.78 Å². The lowest BCUT2D eigenvalue weighted by molar-refractivity contribution is 0.0640. The summed E-state index contributed by atoms with van der Waals surface area (Å²) < 4.78 is 26.5. The Morgan fingerprint density at radius 2 is 2.05 bits per heavy atom. The first-order valence-electron chi connectivity index (χ1n) is 7.35. The maximum absolute atomic E-state index is 13.2. The van der Waals surface area contributed by atoms with E-state index in [0.717, 1.165) is 11.4 Å². The molecule has 1 saturated carbocycles. The van der Waals surface area contributed by atoms with Gasteiger partial charge in [-0.15, -0.1) is 0 Å². The first-order chi connectivity index (χ1) is 10.5. The standard InChI is InChI=1S/C14H18F2N6/c1-21-11(17)2-3-18-12(21)8-4-19-13(20-5-8)22-6-9-10(7-22)14(9,15)16/h2-4,9-11H,5-7,17H2,1H3,(H,19,20). The van der Waals surface area contributed by atoms with Crippen LogP contribution in [-0.4, -0.2) is 60.4 Å². The molecule has 4 aliphatic rings. The zero-order chi connectivity index (χ0) is 15.5. The van der Waals surface area contributed by atoms with Gasteiger partial charge in [-0.25, -0.2) is 18.8 Å². The highest BCUT2D eigenvalue weighted by Gasteiger charge is 2.72. The van der Waals surface area contributed by atoms with E-state index in [1.807, 2.05) is 22.9 Å². The Hall–Kier alpha value is -1.96. The smallest absolute Gasteiger partial charge is 0.258 e. The Kier molecular flexibility index (Phi) is 2.81. The number of aliphatic imine (C=N–C) groups is 2. The minimum absolute atomic E-state index is 0.202. The van der Waals surface area contributed by atoms with E-state index in [1.165, 1.54) is 0 Å². The molecule has 0 aromatic heterocycles. The van der Waals surface area contributed by atoms with Crippen LogP contribution in [0.3, 0.4) is 0 Å². The Bertz CT molecular complexity index is 609. The van der Waals surface area contributed by atoms with E-state index < -0.39 is 17.8 Å². The van der Waals surface area contributed by atoms with Gasteiger partial charge in [0.15, 0.2) is 5.96 Å². The molecule has 3 heterocycles. The third-order valence-corrected chi connectivity index (χ3v) is 4.83. The van der Waals surface area contributed by atoms with Gasteiger partial charge in [0.25, 0.3) is 5.92 Å². The van der Waals surface area contributed by atoms with Crippen molar-refractivity contribution in [3.05, 3.63) is 24.0 Å². The summed E-state index contributed by atoms with van der Waals surface area (Å²) in [4.78, 5) is 12.5. The van der Waals surface area contributed by atoms with Crippen LogP contribution < -0.4 is 11.1 Å². The predicted molar refractivity (Wildman–Crippen MR) is 79.3 cm³/mol. The third kappa shape index (κ3) is 1.93. The number of likely N-dealkylation sites (N-methyl/N-ethyl adjacent to an activating group) is 1. The molecule has 4 rings (SSSR count). The van der Waals surface area contributed by atoms with Gasteiger partial charge < -0.3 is 20.9 Å². The molecule has 3 atom stereocenters. The van der Waals surface area contributed by atoms with E-state index in [4.69, 9.17) is 5.73 Å². The summed E-state index contributed by atoms with van der Waals surface area (Å²) in [5, 5.41) is 3.20. The van der Waals surface area contributed by atoms with Crippen molar-refractivity contribution in [1.29, 1.82) is 0 Å². The molecule has 3 unspecified atom stereocenters. The topological polar surface area (TPSA) is 69.2 Å². The minimum Gasteiger partial charge on any atom is -0.352 e. The van der Waals surface area contributed by atoms with Gasteiger partial charge in [0, 0.05) is 44.7 Å². The van der Waals surface area contributed by atoms with Gasteiger partial charge in [-0.1, -0.05) is 0 Å². The van der Waals surface area contributed by atoms with E-state index >= 15 is 0 Å². The fourth-order valence-electron chi connectivity index (χ4n) is 3.29. The number of alkyl halides is 2. The van der Waals surface area contributed by atoms with E-state index in [9.17, 15) is 8.78 Å². The molecule has 0 aromatic carbocycles. The Labute approximate surface area is 127 Å². The largest absolute Gasteiger partial charge is 0.352 e. The van der Waals surface area contributed by atoms with Gasteiger partial charge in [0.1, 0.15) is 5.84 Å². The molecule has 8 heteroatoms. The third-order valence-electron chi connectivity index (χ3n) is 4.83. The molecular weight excluding hydrogens is 290 g/mol. The van der Waals surface area contributed by atoms with Gasteiger partial charge >= 0.3 is 0 Å². The lowest BCUT2D eigenvalue weighted by Crippen LogP contribution is -2.48. The van der Waals surface area contributed by atoms with Gasteiger partial charge in [-0.05, 0) is 6.08 Å². The van der Waals surface area contributed by atoms with Crippen molar-refractivity contribution >= 4 is 11.8 Å². The van der Waals surface area contributed by atoms with Crippen LogP contribution in [0.2, 0.25) is 0 Å². The Morgan fingerprint density at radius 3 is 2.68 bits per heavy atom. The molecule has 6 nitrogen and oxygen atoms in total. The molecule has 0 aromatic rings. The summed E-state index contributed by atoms with van der Waals surface area (Å²) in [6.45, 7) is 1.31. The highest BCUT2D eigenvalue weighted by molar-refractivity contribution is 6.01. The van der Waals surface area contributed by atoms with Crippen molar-refractivity contribution in [2.45, 2.75) is 12.1 Å². The van der Waals surface area contributed by atoms with Gasteiger partial charge in [-0.2, -0.15) is 0 Å². The zero-order valence-corrected chi connectivity index (χ0v) is 12.2. The molecule has 1 saturated heterocycles. The number of amidine groups is 1. The van der Waals surface area contributed by atoms with Crippen LogP contribution in [-0.2, 0) is 0 Å². The maximum Gasteiger partial charge on any atom is 0.258 e. The molecule has 118 valence electrons. The molecule has 0 amide bonds. The molecule has 3 N–H and O–H groups in total. The highest BCUT2D eigenvalue weighted by Crippen LogP contribution is 2.59. The van der Waals surface area contributed by atoms with Crippen molar-refractivity contribution in [1.82, 2.24) is 15.1 Å². The fraction of sp³-hybridized carbons (Fsp3) is 0.571. The van der Waals surface area contributed by atoms with Gasteiger partial charge in [-0.3, -0.25) is 0 Å². The number of nitrogens with one attached hydrogen (secondary N) is 1. The lowest BCUT2D eigenvalue weighted by Gasteiger charge is -2.31. The van der Waals surface area contributed by atoms with Crippen LogP contribution in [0.25, 0.3) is 0 Å². The first kappa shape index (κ1) is 13.7. The SMILES string of the molecule is CN1C(C2=CN=C(N3CC4C(C3)C4(F)F)NC2)=NC=CC1N. The fourth-order valence-corrected chi connectivity index (χ4v) is 3.29. The second-order valence-corrected chi connectivity index (χ2v) is 6.15. The minimum atomic E-state index is -2.46. The number of likely N-dealkylation sites (tertiary alicyclic amines) is 1. The maximum atomic E-state index is 13.2. The number of guanidine groups is 1. The summed E-state index contributed by atoms with van der Waals surface area (Å²) in [6.07, 6.45) is 5.04. The molecule has 2 fully saturated rings. The molecule has 0 radical (unpaired) electrons. The van der Waals surface area contributed by atoms with Crippen molar-refractivity contribution in [2.75, 3.05) is 26.7 Å². The molecular formula is C14H18F2N6. The molecule has 22 heavy (non-hydrogen) atoms. The highest BCUT2D eigenvalue weighted by atomic mass is 19.3.